The molecule has 10 rings (SSSR count). The van der Waals surface area contributed by atoms with E-state index in [0.717, 1.165) is 76.9 Å². The van der Waals surface area contributed by atoms with Crippen LogP contribution in [-0.2, 0) is 0 Å². The number of aromatic amines is 1. The summed E-state index contributed by atoms with van der Waals surface area (Å²) in [5.74, 6) is 1.33. The van der Waals surface area contributed by atoms with Crippen LogP contribution in [0.3, 0.4) is 0 Å². The first kappa shape index (κ1) is 25.3. The van der Waals surface area contributed by atoms with Crippen LogP contribution in [0.4, 0.5) is 0 Å². The van der Waals surface area contributed by atoms with Gasteiger partial charge in [0.15, 0.2) is 5.58 Å². The fraction of sp³-hybridized carbons (Fsp3) is 0.0270. The molecule has 1 N–H and O–H groups in total. The minimum Gasteiger partial charge on any atom is -0.436 e. The number of benzene rings is 3. The standard InChI is InChI=1S/C37H23N7OS/c1-2-12-23-22(11-1)39-35(40-23)34-31(26-21-43-19-9-8-18-30(43)38-26)33(37-42-25-14-4-6-17-29(25)46-37)32(27-15-7-10-20-44(27)34)36-41-24-13-3-5-16-28(24)45-36/h1-21,34H,(H,39,40). The Morgan fingerprint density at radius 3 is 2.43 bits per heavy atom. The lowest BCUT2D eigenvalue weighted by molar-refractivity contribution is 0.406. The smallest absolute Gasteiger partial charge is 0.230 e. The lowest BCUT2D eigenvalue weighted by atomic mass is 9.85. The molecule has 7 heterocycles. The van der Waals surface area contributed by atoms with Crippen LogP contribution in [-0.4, -0.2) is 34.2 Å². The quantitative estimate of drug-likeness (QED) is 0.214. The van der Waals surface area contributed by atoms with Crippen molar-refractivity contribution in [2.75, 3.05) is 0 Å². The molecule has 0 bridgehead atoms. The van der Waals surface area contributed by atoms with Gasteiger partial charge in [-0.15, -0.1) is 11.3 Å². The SMILES string of the molecule is C1=CC2=C(c3nc4ccccc4o3)C(c3nc4ccccc4s3)=C(c3cn4ccccc4n3)C(c3nc4ccccc4[nH]3)N2C=C1. The molecule has 218 valence electrons. The number of allylic oxidation sites excluding steroid dienone is 5. The molecule has 1 unspecified atom stereocenters. The zero-order valence-electron chi connectivity index (χ0n) is 24.2. The molecule has 0 fully saturated rings. The highest BCUT2D eigenvalue weighted by molar-refractivity contribution is 7.19. The first-order valence-electron chi connectivity index (χ1n) is 15.0. The van der Waals surface area contributed by atoms with Crippen LogP contribution < -0.4 is 0 Å². The number of nitrogens with zero attached hydrogens (tertiary/aromatic N) is 6. The monoisotopic (exact) mass is 613 g/mol. The molecule has 0 saturated heterocycles. The van der Waals surface area contributed by atoms with Gasteiger partial charge in [0.05, 0.1) is 38.2 Å². The Morgan fingerprint density at radius 1 is 0.739 bits per heavy atom. The molecule has 0 amide bonds. The number of imidazole rings is 2. The van der Waals surface area contributed by atoms with E-state index in [0.29, 0.717) is 5.89 Å². The average Bonchev–Trinajstić information content (AvgIpc) is 3.90. The number of rotatable bonds is 4. The Balaban J connectivity index is 1.36. The number of pyridine rings is 1. The molecule has 0 spiro atoms. The second-order valence-electron chi connectivity index (χ2n) is 11.3. The van der Waals surface area contributed by atoms with Gasteiger partial charge in [-0.3, -0.25) is 0 Å². The number of para-hydroxylation sites is 5. The van der Waals surface area contributed by atoms with E-state index in [1.807, 2.05) is 79.0 Å². The van der Waals surface area contributed by atoms with Crippen molar-refractivity contribution in [1.29, 1.82) is 0 Å². The van der Waals surface area contributed by atoms with Crippen LogP contribution in [0.5, 0.6) is 0 Å². The van der Waals surface area contributed by atoms with E-state index in [4.69, 9.17) is 24.4 Å². The minimum atomic E-state index is -0.358. The topological polar surface area (TPSA) is 88.1 Å². The number of nitrogens with one attached hydrogen (secondary N) is 1. The van der Waals surface area contributed by atoms with Gasteiger partial charge < -0.3 is 18.7 Å². The van der Waals surface area contributed by atoms with Gasteiger partial charge in [-0.25, -0.2) is 19.9 Å². The number of H-pyrrole nitrogens is 1. The van der Waals surface area contributed by atoms with Gasteiger partial charge in [-0.1, -0.05) is 48.5 Å². The van der Waals surface area contributed by atoms with Crippen molar-refractivity contribution >= 4 is 66.1 Å². The molecule has 0 aliphatic carbocycles. The largest absolute Gasteiger partial charge is 0.436 e. The highest BCUT2D eigenvalue weighted by Gasteiger charge is 2.41. The van der Waals surface area contributed by atoms with Crippen LogP contribution in [0.1, 0.15) is 28.5 Å². The molecule has 0 saturated carbocycles. The molecular weight excluding hydrogens is 591 g/mol. The van der Waals surface area contributed by atoms with Gasteiger partial charge in [0.2, 0.25) is 5.89 Å². The molecule has 1 atom stereocenters. The third-order valence-electron chi connectivity index (χ3n) is 8.54. The maximum absolute atomic E-state index is 6.55. The average molecular weight is 614 g/mol. The van der Waals surface area contributed by atoms with E-state index >= 15 is 0 Å². The second kappa shape index (κ2) is 9.72. The van der Waals surface area contributed by atoms with Gasteiger partial charge in [-0.05, 0) is 60.7 Å². The Hall–Kier alpha value is -6.06. The Labute approximate surface area is 266 Å². The summed E-state index contributed by atoms with van der Waals surface area (Å²) in [5, 5.41) is 0.863. The Bertz CT molecular complexity index is 2500. The van der Waals surface area contributed by atoms with Crippen molar-refractivity contribution in [1.82, 2.24) is 34.2 Å². The number of oxazole rings is 1. The van der Waals surface area contributed by atoms with Crippen molar-refractivity contribution in [3.8, 4) is 0 Å². The molecule has 8 nitrogen and oxygen atoms in total. The molecule has 3 aromatic carbocycles. The molecule has 8 aromatic rings. The number of aromatic nitrogens is 6. The zero-order valence-corrected chi connectivity index (χ0v) is 25.0. The fourth-order valence-electron chi connectivity index (χ4n) is 6.53. The molecule has 0 radical (unpaired) electrons. The zero-order chi connectivity index (χ0) is 30.2. The fourth-order valence-corrected chi connectivity index (χ4v) is 7.56. The van der Waals surface area contributed by atoms with Crippen LogP contribution in [0.2, 0.25) is 0 Å². The number of fused-ring (bicyclic) bond motifs is 5. The number of hydrogen-bond acceptors (Lipinski definition) is 7. The number of hydrogen-bond donors (Lipinski definition) is 1. The van der Waals surface area contributed by atoms with Gasteiger partial charge in [0.1, 0.15) is 28.0 Å². The number of thiazole rings is 1. The van der Waals surface area contributed by atoms with Gasteiger partial charge >= 0.3 is 0 Å². The summed E-state index contributed by atoms with van der Waals surface area (Å²) in [6.45, 7) is 0. The third kappa shape index (κ3) is 3.79. The van der Waals surface area contributed by atoms with Gasteiger partial charge in [0, 0.05) is 29.7 Å². The van der Waals surface area contributed by atoms with E-state index in [1.165, 1.54) is 0 Å². The minimum absolute atomic E-state index is 0.358. The van der Waals surface area contributed by atoms with Gasteiger partial charge in [-0.2, -0.15) is 0 Å². The first-order valence-corrected chi connectivity index (χ1v) is 15.8. The Morgan fingerprint density at radius 2 is 1.57 bits per heavy atom. The van der Waals surface area contributed by atoms with E-state index in [9.17, 15) is 0 Å². The predicted octanol–water partition coefficient (Wildman–Crippen LogP) is 8.42. The molecule has 46 heavy (non-hydrogen) atoms. The van der Waals surface area contributed by atoms with E-state index in [1.54, 1.807) is 11.3 Å². The summed E-state index contributed by atoms with van der Waals surface area (Å²) >= 11 is 1.66. The molecular formula is C37H23N7OS. The molecule has 5 aromatic heterocycles. The van der Waals surface area contributed by atoms with Crippen LogP contribution in [0, 0.1) is 0 Å². The molecule has 9 heteroatoms. The summed E-state index contributed by atoms with van der Waals surface area (Å²) < 4.78 is 9.71. The summed E-state index contributed by atoms with van der Waals surface area (Å²) in [6, 6.07) is 29.9. The van der Waals surface area contributed by atoms with E-state index < -0.39 is 0 Å². The van der Waals surface area contributed by atoms with Crippen molar-refractivity contribution in [3.63, 3.8) is 0 Å². The van der Waals surface area contributed by atoms with Crippen LogP contribution >= 0.6 is 11.3 Å². The van der Waals surface area contributed by atoms with E-state index in [2.05, 4.69) is 63.1 Å². The van der Waals surface area contributed by atoms with Crippen molar-refractivity contribution < 1.29 is 4.42 Å². The molecule has 2 aliphatic rings. The summed E-state index contributed by atoms with van der Waals surface area (Å²) in [6.07, 6.45) is 12.4. The summed E-state index contributed by atoms with van der Waals surface area (Å²) in [4.78, 5) is 26.5. The Kier molecular flexibility index (Phi) is 5.34. The highest BCUT2D eigenvalue weighted by atomic mass is 32.1. The van der Waals surface area contributed by atoms with Crippen LogP contribution in [0.15, 0.2) is 138 Å². The first-order chi connectivity index (χ1) is 22.8. The van der Waals surface area contributed by atoms with Crippen molar-refractivity contribution in [3.05, 3.63) is 156 Å². The second-order valence-corrected chi connectivity index (χ2v) is 12.3. The summed E-state index contributed by atoms with van der Waals surface area (Å²) in [5.41, 5.74) is 9.70. The lowest BCUT2D eigenvalue weighted by Crippen LogP contribution is -2.31. The lowest BCUT2D eigenvalue weighted by Gasteiger charge is -2.39. The predicted molar refractivity (Wildman–Crippen MR) is 182 cm³/mol. The van der Waals surface area contributed by atoms with Gasteiger partial charge in [0.25, 0.3) is 0 Å². The van der Waals surface area contributed by atoms with Crippen LogP contribution in [0.25, 0.3) is 54.7 Å². The maximum atomic E-state index is 6.55. The maximum Gasteiger partial charge on any atom is 0.230 e. The van der Waals surface area contributed by atoms with Crippen molar-refractivity contribution in [2.24, 2.45) is 0 Å². The van der Waals surface area contributed by atoms with Crippen molar-refractivity contribution in [2.45, 2.75) is 6.04 Å². The van der Waals surface area contributed by atoms with E-state index in [-0.39, 0.29) is 6.04 Å². The highest BCUT2D eigenvalue weighted by Crippen LogP contribution is 2.53. The molecule has 2 aliphatic heterocycles. The summed E-state index contributed by atoms with van der Waals surface area (Å²) in [7, 11) is 0. The normalized spacial score (nSPS) is 16.5. The third-order valence-corrected chi connectivity index (χ3v) is 9.59.